The molecule has 4 aromatic carbocycles. The van der Waals surface area contributed by atoms with Crippen LogP contribution < -0.4 is 4.74 Å². The highest BCUT2D eigenvalue weighted by atomic mass is 16.5. The molecule has 0 saturated heterocycles. The predicted molar refractivity (Wildman–Crippen MR) is 207 cm³/mol. The molecule has 0 spiro atoms. The molecular formula is C42H54N6O3. The van der Waals surface area contributed by atoms with Gasteiger partial charge in [0.15, 0.2) is 0 Å². The smallest absolute Gasteiger partial charge is 0.146 e. The van der Waals surface area contributed by atoms with Gasteiger partial charge in [-0.1, -0.05) is 111 Å². The van der Waals surface area contributed by atoms with Crippen LogP contribution in [0.15, 0.2) is 78.9 Å². The Morgan fingerprint density at radius 2 is 1.10 bits per heavy atom. The van der Waals surface area contributed by atoms with Gasteiger partial charge in [-0.2, -0.15) is 0 Å². The van der Waals surface area contributed by atoms with Crippen molar-refractivity contribution in [1.82, 2.24) is 30.0 Å². The summed E-state index contributed by atoms with van der Waals surface area (Å²) in [5, 5.41) is 39.3. The van der Waals surface area contributed by atoms with Crippen molar-refractivity contribution < 1.29 is 14.9 Å². The second-order valence-corrected chi connectivity index (χ2v) is 14.6. The van der Waals surface area contributed by atoms with Gasteiger partial charge in [-0.25, -0.2) is 0 Å². The molecule has 6 aromatic rings. The molecule has 0 atom stereocenters. The predicted octanol–water partition coefficient (Wildman–Crippen LogP) is 10.4. The highest BCUT2D eigenvalue weighted by Crippen LogP contribution is 2.41. The average Bonchev–Trinajstić information content (AvgIpc) is 3.76. The molecule has 0 radical (unpaired) electrons. The van der Waals surface area contributed by atoms with Gasteiger partial charge < -0.3 is 14.9 Å². The monoisotopic (exact) mass is 690 g/mol. The average molecular weight is 691 g/mol. The first-order valence-electron chi connectivity index (χ1n) is 18.5. The summed E-state index contributed by atoms with van der Waals surface area (Å²) in [6.07, 6.45) is 9.32. The lowest BCUT2D eigenvalue weighted by Gasteiger charge is -2.30. The number of phenols is 2. The lowest BCUT2D eigenvalue weighted by molar-refractivity contribution is 0.302. The Morgan fingerprint density at radius 3 is 1.61 bits per heavy atom. The molecule has 9 heteroatoms. The summed E-state index contributed by atoms with van der Waals surface area (Å²) in [4.78, 5) is 3.03. The van der Waals surface area contributed by atoms with Crippen LogP contribution in [-0.4, -0.2) is 46.8 Å². The third kappa shape index (κ3) is 8.88. The Bertz CT molecular complexity index is 1980. The summed E-state index contributed by atoms with van der Waals surface area (Å²) >= 11 is 0. The fourth-order valence-electron chi connectivity index (χ4n) is 5.84. The van der Waals surface area contributed by atoms with E-state index in [1.54, 1.807) is 16.9 Å². The van der Waals surface area contributed by atoms with Crippen LogP contribution in [0.5, 0.6) is 17.2 Å². The van der Waals surface area contributed by atoms with Crippen molar-refractivity contribution in [3.63, 3.8) is 0 Å². The molecular weight excluding hydrogens is 637 g/mol. The van der Waals surface area contributed by atoms with Crippen molar-refractivity contribution >= 4 is 22.1 Å². The fraction of sp³-hybridized carbons (Fsp3) is 0.429. The first-order valence-corrected chi connectivity index (χ1v) is 18.5. The summed E-state index contributed by atoms with van der Waals surface area (Å²) in [7, 11) is 0. The second kappa shape index (κ2) is 16.4. The molecule has 2 heterocycles. The lowest BCUT2D eigenvalue weighted by atomic mass is 9.76. The van der Waals surface area contributed by atoms with Crippen molar-refractivity contribution in [2.75, 3.05) is 6.61 Å². The number of aromatic hydroxyl groups is 2. The number of unbranched alkanes of at least 4 members (excludes halogenated alkanes) is 5. The zero-order chi connectivity index (χ0) is 36.6. The molecule has 2 N–H and O–H groups in total. The van der Waals surface area contributed by atoms with Crippen molar-refractivity contribution in [2.24, 2.45) is 0 Å². The molecule has 9 nitrogen and oxygen atoms in total. The second-order valence-electron chi connectivity index (χ2n) is 14.6. The maximum absolute atomic E-state index is 11.1. The van der Waals surface area contributed by atoms with Crippen LogP contribution in [0.3, 0.4) is 0 Å². The Hall–Kier alpha value is -4.92. The van der Waals surface area contributed by atoms with Gasteiger partial charge in [0, 0.05) is 11.6 Å². The third-order valence-electron chi connectivity index (χ3n) is 10.1. The molecule has 0 saturated carbocycles. The van der Waals surface area contributed by atoms with Gasteiger partial charge in [0.1, 0.15) is 50.7 Å². The Kier molecular flexibility index (Phi) is 12.0. The van der Waals surface area contributed by atoms with Gasteiger partial charge in [-0.05, 0) is 78.1 Å². The Morgan fingerprint density at radius 1 is 0.588 bits per heavy atom. The minimum absolute atomic E-state index is 0.00754. The fourth-order valence-corrected chi connectivity index (χ4v) is 5.84. The van der Waals surface area contributed by atoms with Gasteiger partial charge in [-0.15, -0.1) is 30.0 Å². The van der Waals surface area contributed by atoms with E-state index in [-0.39, 0.29) is 22.3 Å². The van der Waals surface area contributed by atoms with Gasteiger partial charge in [-0.3, -0.25) is 0 Å². The molecule has 0 unspecified atom stereocenters. The summed E-state index contributed by atoms with van der Waals surface area (Å²) in [6, 6.07) is 24.8. The Labute approximate surface area is 302 Å². The minimum Gasteiger partial charge on any atom is -0.505 e. The largest absolute Gasteiger partial charge is 0.505 e. The van der Waals surface area contributed by atoms with Gasteiger partial charge in [0.25, 0.3) is 0 Å². The van der Waals surface area contributed by atoms with Crippen LogP contribution in [0, 0.1) is 0 Å². The highest BCUT2D eigenvalue weighted by molar-refractivity contribution is 5.74. The van der Waals surface area contributed by atoms with E-state index in [4.69, 9.17) is 4.74 Å². The standard InChI is InChI=1S/C22H29N3O.C20H25N3O2/c1-7-21(3,4)15-13-16(22(5,6)8-2)20(26)19(14-15)25-23-17-11-9-10-12-18(17)24-25;1-2-3-4-5-6-9-14-25-16-12-13-19(20(24)15-16)23-21-17-10-7-8-11-18(17)22-23/h9-14,26H,7-8H2,1-6H3;7-8,10-13,15,24H,2-6,9,14H2,1H3. The zero-order valence-corrected chi connectivity index (χ0v) is 31.4. The molecule has 270 valence electrons. The molecule has 0 fully saturated rings. The molecule has 0 aliphatic carbocycles. The van der Waals surface area contributed by atoms with E-state index >= 15 is 0 Å². The van der Waals surface area contributed by atoms with Crippen LogP contribution in [0.25, 0.3) is 33.4 Å². The molecule has 0 amide bonds. The number of nitrogens with zero attached hydrogens (tertiary/aromatic N) is 6. The normalized spacial score (nSPS) is 11.9. The number of rotatable bonds is 14. The number of aromatic nitrogens is 6. The zero-order valence-electron chi connectivity index (χ0n) is 31.4. The number of fused-ring (bicyclic) bond motifs is 2. The van der Waals surface area contributed by atoms with E-state index in [0.29, 0.717) is 23.7 Å². The summed E-state index contributed by atoms with van der Waals surface area (Å²) in [5.41, 5.74) is 6.46. The molecule has 51 heavy (non-hydrogen) atoms. The quantitative estimate of drug-likeness (QED) is 0.109. The molecule has 2 aromatic heterocycles. The maximum atomic E-state index is 11.1. The van der Waals surface area contributed by atoms with Crippen LogP contribution in [0.2, 0.25) is 0 Å². The number of phenolic OH excluding ortho intramolecular Hbond substituents is 2. The summed E-state index contributed by atoms with van der Waals surface area (Å²) < 4.78 is 5.73. The highest BCUT2D eigenvalue weighted by Gasteiger charge is 2.29. The molecule has 0 aliphatic rings. The number of hydrogen-bond acceptors (Lipinski definition) is 7. The van der Waals surface area contributed by atoms with E-state index in [9.17, 15) is 10.2 Å². The maximum Gasteiger partial charge on any atom is 0.146 e. The first-order chi connectivity index (χ1) is 24.5. The van der Waals surface area contributed by atoms with Gasteiger partial charge >= 0.3 is 0 Å². The molecule has 0 aliphatic heterocycles. The van der Waals surface area contributed by atoms with Crippen LogP contribution in [-0.2, 0) is 10.8 Å². The van der Waals surface area contributed by atoms with Crippen LogP contribution in [0.4, 0.5) is 0 Å². The van der Waals surface area contributed by atoms with E-state index in [2.05, 4.69) is 74.9 Å². The van der Waals surface area contributed by atoms with Crippen molar-refractivity contribution in [2.45, 2.75) is 111 Å². The SMILES string of the molecule is CCC(C)(C)c1cc(-n2nc3ccccc3n2)c(O)c(C(C)(C)CC)c1.CCCCCCCCOc1ccc(-n2nc3ccccc3n2)c(O)c1. The van der Waals surface area contributed by atoms with E-state index in [0.717, 1.165) is 46.9 Å². The topological polar surface area (TPSA) is 111 Å². The minimum atomic E-state index is -0.134. The van der Waals surface area contributed by atoms with E-state index in [1.807, 2.05) is 60.7 Å². The number of ether oxygens (including phenoxy) is 1. The summed E-state index contributed by atoms with van der Waals surface area (Å²) in [5.74, 6) is 1.06. The van der Waals surface area contributed by atoms with Crippen molar-refractivity contribution in [3.8, 4) is 28.6 Å². The molecule has 0 bridgehead atoms. The van der Waals surface area contributed by atoms with E-state index in [1.165, 1.54) is 42.5 Å². The van der Waals surface area contributed by atoms with E-state index < -0.39 is 0 Å². The van der Waals surface area contributed by atoms with Gasteiger partial charge in [0.05, 0.1) is 6.61 Å². The first kappa shape index (κ1) is 37.3. The molecule has 6 rings (SSSR count). The lowest BCUT2D eigenvalue weighted by Crippen LogP contribution is -2.21. The van der Waals surface area contributed by atoms with Crippen molar-refractivity contribution in [3.05, 3.63) is 90.0 Å². The number of benzene rings is 4. The third-order valence-corrected chi connectivity index (χ3v) is 10.1. The van der Waals surface area contributed by atoms with Crippen molar-refractivity contribution in [1.29, 1.82) is 0 Å². The van der Waals surface area contributed by atoms with Crippen LogP contribution >= 0.6 is 0 Å². The summed E-state index contributed by atoms with van der Waals surface area (Å²) in [6.45, 7) is 16.0. The Balaban J connectivity index is 0.000000198. The van der Waals surface area contributed by atoms with Crippen LogP contribution in [0.1, 0.15) is 111 Å². The van der Waals surface area contributed by atoms with Gasteiger partial charge in [0.2, 0.25) is 0 Å². The number of hydrogen-bond donors (Lipinski definition) is 2.